The number of hydrogen-bond donors (Lipinski definition) is 3. The molecule has 0 bridgehead atoms. The summed E-state index contributed by atoms with van der Waals surface area (Å²) < 4.78 is 5.87. The van der Waals surface area contributed by atoms with E-state index in [9.17, 15) is 19.8 Å². The third-order valence-electron chi connectivity index (χ3n) is 10.1. The Kier molecular flexibility index (Phi) is 42.4. The van der Waals surface area contributed by atoms with Crippen molar-refractivity contribution in [2.24, 2.45) is 0 Å². The second-order valence-electron chi connectivity index (χ2n) is 15.5. The molecule has 0 heterocycles. The van der Waals surface area contributed by atoms with E-state index in [0.29, 0.717) is 19.3 Å². The minimum absolute atomic E-state index is 0.0177. The van der Waals surface area contributed by atoms with E-state index in [1.54, 1.807) is 0 Å². The lowest BCUT2D eigenvalue weighted by atomic mass is 10.0. The highest BCUT2D eigenvalue weighted by Gasteiger charge is 2.24. The molecular weight excluding hydrogens is 719 g/mol. The maximum Gasteiger partial charge on any atom is 0.306 e. The molecule has 3 atom stereocenters. The molecule has 0 radical (unpaired) electrons. The number of allylic oxidation sites excluding steroid dienone is 16. The second-order valence-corrected chi connectivity index (χ2v) is 15.5. The number of amides is 1. The van der Waals surface area contributed by atoms with Gasteiger partial charge in [0.2, 0.25) is 5.91 Å². The first-order valence-corrected chi connectivity index (χ1v) is 23.5. The van der Waals surface area contributed by atoms with Crippen LogP contribution in [0.15, 0.2) is 97.2 Å². The van der Waals surface area contributed by atoms with Gasteiger partial charge in [-0.05, 0) is 64.2 Å². The van der Waals surface area contributed by atoms with Gasteiger partial charge < -0.3 is 20.3 Å². The molecule has 3 N–H and O–H groups in total. The first kappa shape index (κ1) is 54.8. The summed E-state index contributed by atoms with van der Waals surface area (Å²) in [5.74, 6) is -0.569. The van der Waals surface area contributed by atoms with Crippen LogP contribution in [0.1, 0.15) is 194 Å². The van der Waals surface area contributed by atoms with Crippen molar-refractivity contribution in [3.63, 3.8) is 0 Å². The van der Waals surface area contributed by atoms with Crippen LogP contribution >= 0.6 is 0 Å². The highest BCUT2D eigenvalue weighted by atomic mass is 16.5. The van der Waals surface area contributed by atoms with Crippen molar-refractivity contribution in [3.8, 4) is 0 Å². The number of esters is 1. The van der Waals surface area contributed by atoms with Gasteiger partial charge in [0.15, 0.2) is 0 Å². The van der Waals surface area contributed by atoms with E-state index < -0.39 is 18.2 Å². The minimum atomic E-state index is -0.812. The van der Waals surface area contributed by atoms with E-state index in [0.717, 1.165) is 77.0 Å². The van der Waals surface area contributed by atoms with Gasteiger partial charge in [-0.25, -0.2) is 0 Å². The molecule has 0 spiro atoms. The Hall–Kier alpha value is -3.22. The zero-order valence-electron chi connectivity index (χ0n) is 37.4. The number of carbonyl (C=O) groups excluding carboxylic acids is 2. The fourth-order valence-electron chi connectivity index (χ4n) is 6.56. The lowest BCUT2D eigenvalue weighted by molar-refractivity contribution is -0.151. The van der Waals surface area contributed by atoms with Crippen LogP contribution in [0.25, 0.3) is 0 Å². The Balaban J connectivity index is 4.79. The topological polar surface area (TPSA) is 95.9 Å². The summed E-state index contributed by atoms with van der Waals surface area (Å²) in [4.78, 5) is 26.0. The van der Waals surface area contributed by atoms with Crippen LogP contribution in [0.3, 0.4) is 0 Å². The van der Waals surface area contributed by atoms with E-state index in [1.807, 2.05) is 60.8 Å². The SMILES string of the molecule is CC\C=C/C=C/C=C/C=C\C=C\C=C\CCCC(CC(=O)NC(CO)C(O)CCCCCCCCCCCC)OC(=O)CCCCCCCCC/C=C/C/C=C/CC. The predicted octanol–water partition coefficient (Wildman–Crippen LogP) is 13.8. The van der Waals surface area contributed by atoms with E-state index in [2.05, 4.69) is 62.5 Å². The van der Waals surface area contributed by atoms with Gasteiger partial charge in [-0.3, -0.25) is 9.59 Å². The predicted molar refractivity (Wildman–Crippen MR) is 250 cm³/mol. The molecule has 0 aliphatic rings. The van der Waals surface area contributed by atoms with Crippen molar-refractivity contribution in [3.05, 3.63) is 97.2 Å². The Morgan fingerprint density at radius 3 is 1.62 bits per heavy atom. The summed E-state index contributed by atoms with van der Waals surface area (Å²) in [6.07, 6.45) is 59.0. The largest absolute Gasteiger partial charge is 0.462 e. The van der Waals surface area contributed by atoms with Crippen LogP contribution in [-0.4, -0.2) is 46.9 Å². The zero-order chi connectivity index (χ0) is 42.4. The van der Waals surface area contributed by atoms with E-state index in [1.165, 1.54) is 70.6 Å². The van der Waals surface area contributed by atoms with E-state index in [4.69, 9.17) is 4.74 Å². The third kappa shape index (κ3) is 39.6. The molecule has 330 valence electrons. The normalized spacial score (nSPS) is 14.2. The fraction of sp³-hybridized carbons (Fsp3) is 0.654. The number of rotatable bonds is 40. The van der Waals surface area contributed by atoms with Gasteiger partial charge in [-0.2, -0.15) is 0 Å². The van der Waals surface area contributed by atoms with Gasteiger partial charge >= 0.3 is 5.97 Å². The maximum atomic E-state index is 13.1. The van der Waals surface area contributed by atoms with Crippen LogP contribution in [0, 0.1) is 0 Å². The number of aliphatic hydroxyl groups is 2. The second kappa shape index (κ2) is 44.9. The molecule has 0 fully saturated rings. The summed E-state index contributed by atoms with van der Waals surface area (Å²) in [5, 5.41) is 23.6. The van der Waals surface area contributed by atoms with Gasteiger partial charge in [-0.1, -0.05) is 214 Å². The van der Waals surface area contributed by atoms with Crippen molar-refractivity contribution in [2.45, 2.75) is 212 Å². The Morgan fingerprint density at radius 2 is 1.03 bits per heavy atom. The Bertz CT molecular complexity index is 1180. The molecule has 58 heavy (non-hydrogen) atoms. The standard InChI is InChI=1S/C52H87NO5/c1-4-7-10-13-16-19-22-24-26-27-29-31-34-37-40-43-48(58-52(57)45-42-39-36-33-30-28-25-23-20-17-14-11-8-5-2)46-51(56)53-49(47-54)50(55)44-41-38-35-32-21-18-15-12-9-6-3/h7-8,10-11,13,16-17,19-20,22,24,26-27,29,31,34,48-50,54-55H,4-6,9,12,14-15,18,21,23,25,28,30,32-33,35-47H2,1-3H3,(H,53,56)/b10-7-,11-8+,16-13+,20-17+,22-19+,26-24-,29-27+,34-31+. The van der Waals surface area contributed by atoms with Crippen molar-refractivity contribution >= 4 is 11.9 Å². The summed E-state index contributed by atoms with van der Waals surface area (Å²) in [5.41, 5.74) is 0. The molecule has 0 aliphatic heterocycles. The molecule has 0 saturated carbocycles. The van der Waals surface area contributed by atoms with Crippen LogP contribution in [0.5, 0.6) is 0 Å². The molecule has 0 rings (SSSR count). The lowest BCUT2D eigenvalue weighted by Crippen LogP contribution is -2.46. The van der Waals surface area contributed by atoms with Crippen LogP contribution < -0.4 is 5.32 Å². The molecule has 6 nitrogen and oxygen atoms in total. The van der Waals surface area contributed by atoms with E-state index >= 15 is 0 Å². The first-order chi connectivity index (χ1) is 28.5. The molecule has 3 unspecified atom stereocenters. The summed E-state index contributed by atoms with van der Waals surface area (Å²) in [6, 6.07) is -0.731. The number of carbonyl (C=O) groups is 2. The average Bonchev–Trinajstić information content (AvgIpc) is 3.22. The molecule has 0 aromatic rings. The maximum absolute atomic E-state index is 13.1. The zero-order valence-corrected chi connectivity index (χ0v) is 37.4. The van der Waals surface area contributed by atoms with Gasteiger partial charge in [0.25, 0.3) is 0 Å². The minimum Gasteiger partial charge on any atom is -0.462 e. The number of unbranched alkanes of at least 4 members (excludes halogenated alkanes) is 17. The third-order valence-corrected chi connectivity index (χ3v) is 10.1. The number of hydrogen-bond acceptors (Lipinski definition) is 5. The van der Waals surface area contributed by atoms with Crippen LogP contribution in [0.2, 0.25) is 0 Å². The summed E-state index contributed by atoms with van der Waals surface area (Å²) >= 11 is 0. The molecule has 0 aromatic carbocycles. The average molecular weight is 806 g/mol. The number of aliphatic hydroxyl groups excluding tert-OH is 2. The molecule has 1 amide bonds. The molecule has 0 aromatic heterocycles. The highest BCUT2D eigenvalue weighted by molar-refractivity contribution is 5.77. The van der Waals surface area contributed by atoms with Gasteiger partial charge in [0, 0.05) is 6.42 Å². The van der Waals surface area contributed by atoms with Gasteiger partial charge in [0.05, 0.1) is 25.2 Å². The summed E-state index contributed by atoms with van der Waals surface area (Å²) in [6.45, 7) is 6.18. The first-order valence-electron chi connectivity index (χ1n) is 23.5. The number of ether oxygens (including phenoxy) is 1. The smallest absolute Gasteiger partial charge is 0.306 e. The van der Waals surface area contributed by atoms with Crippen LogP contribution in [-0.2, 0) is 14.3 Å². The van der Waals surface area contributed by atoms with Gasteiger partial charge in [-0.15, -0.1) is 0 Å². The Labute approximate surface area is 356 Å². The van der Waals surface area contributed by atoms with Crippen molar-refractivity contribution in [1.82, 2.24) is 5.32 Å². The van der Waals surface area contributed by atoms with Gasteiger partial charge in [0.1, 0.15) is 6.10 Å². The molecule has 0 aliphatic carbocycles. The highest BCUT2D eigenvalue weighted by Crippen LogP contribution is 2.16. The van der Waals surface area contributed by atoms with E-state index in [-0.39, 0.29) is 24.9 Å². The molecule has 6 heteroatoms. The van der Waals surface area contributed by atoms with Crippen molar-refractivity contribution in [2.75, 3.05) is 6.61 Å². The Morgan fingerprint density at radius 1 is 0.534 bits per heavy atom. The molecular formula is C52H87NO5. The molecule has 0 saturated heterocycles. The monoisotopic (exact) mass is 806 g/mol. The lowest BCUT2D eigenvalue weighted by Gasteiger charge is -2.24. The van der Waals surface area contributed by atoms with Crippen LogP contribution in [0.4, 0.5) is 0 Å². The van der Waals surface area contributed by atoms with Crippen molar-refractivity contribution < 1.29 is 24.5 Å². The summed E-state index contributed by atoms with van der Waals surface area (Å²) in [7, 11) is 0. The fourth-order valence-corrected chi connectivity index (χ4v) is 6.56. The quantitative estimate of drug-likeness (QED) is 0.0248. The number of nitrogens with one attached hydrogen (secondary N) is 1. The van der Waals surface area contributed by atoms with Crippen molar-refractivity contribution in [1.29, 1.82) is 0 Å².